The maximum atomic E-state index is 13.0. The average Bonchev–Trinajstić information content (AvgIpc) is 2.69. The molecule has 27 heavy (non-hydrogen) atoms. The number of hydrogen-bond acceptors (Lipinski definition) is 4. The highest BCUT2D eigenvalue weighted by Gasteiger charge is 2.22. The van der Waals surface area contributed by atoms with Crippen molar-refractivity contribution >= 4 is 21.6 Å². The highest BCUT2D eigenvalue weighted by Crippen LogP contribution is 2.17. The van der Waals surface area contributed by atoms with Gasteiger partial charge in [0.2, 0.25) is 15.9 Å². The number of carbonyl (C=O) groups excluding carboxylic acids is 1. The highest BCUT2D eigenvalue weighted by molar-refractivity contribution is 7.89. The Kier molecular flexibility index (Phi) is 6.08. The molecule has 2 aromatic carbocycles. The fourth-order valence-electron chi connectivity index (χ4n) is 3.00. The summed E-state index contributed by atoms with van der Waals surface area (Å²) in [6, 6.07) is 14.4. The van der Waals surface area contributed by atoms with Gasteiger partial charge in [-0.15, -0.1) is 0 Å². The number of carbonyl (C=O) groups is 1. The number of halogens is 1. The van der Waals surface area contributed by atoms with Gasteiger partial charge in [-0.25, -0.2) is 17.5 Å². The van der Waals surface area contributed by atoms with Crippen LogP contribution in [0.25, 0.3) is 0 Å². The summed E-state index contributed by atoms with van der Waals surface area (Å²) >= 11 is 0. The molecule has 0 bridgehead atoms. The fraction of sp³-hybridized carbons (Fsp3) is 0.316. The molecule has 0 radical (unpaired) electrons. The summed E-state index contributed by atoms with van der Waals surface area (Å²) in [5.74, 6) is -0.352. The van der Waals surface area contributed by atoms with Gasteiger partial charge in [-0.1, -0.05) is 18.2 Å². The van der Waals surface area contributed by atoms with Crippen LogP contribution in [-0.4, -0.2) is 51.9 Å². The van der Waals surface area contributed by atoms with Gasteiger partial charge in [0.05, 0.1) is 4.90 Å². The van der Waals surface area contributed by atoms with E-state index >= 15 is 0 Å². The molecule has 8 heteroatoms. The second kappa shape index (κ2) is 8.49. The lowest BCUT2D eigenvalue weighted by atomic mass is 10.2. The van der Waals surface area contributed by atoms with E-state index in [-0.39, 0.29) is 29.6 Å². The number of amides is 1. The molecule has 1 fully saturated rings. The van der Waals surface area contributed by atoms with Crippen LogP contribution in [0.4, 0.5) is 10.1 Å². The van der Waals surface area contributed by atoms with Crippen LogP contribution in [0.2, 0.25) is 0 Å². The standard InChI is InChI=1S/C19H22FN3O3S/c20-16-6-8-17(9-7-16)22-12-14-23(15-13-22)19(24)10-11-21-27(25,26)18-4-2-1-3-5-18/h1-9,21H,10-15H2. The van der Waals surface area contributed by atoms with E-state index in [1.54, 1.807) is 35.2 Å². The van der Waals surface area contributed by atoms with Gasteiger partial charge in [-0.3, -0.25) is 4.79 Å². The summed E-state index contributed by atoms with van der Waals surface area (Å²) in [7, 11) is -3.59. The van der Waals surface area contributed by atoms with Crippen molar-refractivity contribution in [1.82, 2.24) is 9.62 Å². The van der Waals surface area contributed by atoms with E-state index in [4.69, 9.17) is 0 Å². The van der Waals surface area contributed by atoms with Crippen molar-refractivity contribution in [2.45, 2.75) is 11.3 Å². The van der Waals surface area contributed by atoms with Crippen LogP contribution in [0, 0.1) is 5.82 Å². The molecule has 1 N–H and O–H groups in total. The van der Waals surface area contributed by atoms with E-state index < -0.39 is 10.0 Å². The van der Waals surface area contributed by atoms with Crippen molar-refractivity contribution in [1.29, 1.82) is 0 Å². The van der Waals surface area contributed by atoms with Gasteiger partial charge in [0.15, 0.2) is 0 Å². The molecule has 0 aromatic heterocycles. The smallest absolute Gasteiger partial charge is 0.240 e. The molecule has 0 spiro atoms. The summed E-state index contributed by atoms with van der Waals surface area (Å²) in [5, 5.41) is 0. The van der Waals surface area contributed by atoms with Crippen LogP contribution in [0.5, 0.6) is 0 Å². The lowest BCUT2D eigenvalue weighted by Crippen LogP contribution is -2.49. The fourth-order valence-corrected chi connectivity index (χ4v) is 4.05. The van der Waals surface area contributed by atoms with E-state index in [9.17, 15) is 17.6 Å². The molecule has 1 saturated heterocycles. The maximum absolute atomic E-state index is 13.0. The first-order valence-electron chi connectivity index (χ1n) is 8.79. The quantitative estimate of drug-likeness (QED) is 0.816. The second-order valence-electron chi connectivity index (χ2n) is 6.31. The molecular weight excluding hydrogens is 369 g/mol. The Balaban J connectivity index is 1.45. The molecule has 3 rings (SSSR count). The number of piperazine rings is 1. The zero-order chi connectivity index (χ0) is 19.3. The predicted octanol–water partition coefficient (Wildman–Crippen LogP) is 1.84. The molecule has 0 aliphatic carbocycles. The average molecular weight is 391 g/mol. The SMILES string of the molecule is O=C(CCNS(=O)(=O)c1ccccc1)N1CCN(c2ccc(F)cc2)CC1. The number of benzene rings is 2. The van der Waals surface area contributed by atoms with Gasteiger partial charge in [0, 0.05) is 44.8 Å². The third-order valence-corrected chi connectivity index (χ3v) is 5.99. The zero-order valence-electron chi connectivity index (χ0n) is 14.8. The number of rotatable bonds is 6. The summed E-state index contributed by atoms with van der Waals surface area (Å²) in [5.41, 5.74) is 0.930. The molecule has 1 aliphatic rings. The molecule has 6 nitrogen and oxygen atoms in total. The highest BCUT2D eigenvalue weighted by atomic mass is 32.2. The zero-order valence-corrected chi connectivity index (χ0v) is 15.7. The van der Waals surface area contributed by atoms with Gasteiger partial charge < -0.3 is 9.80 Å². The molecule has 0 unspecified atom stereocenters. The summed E-state index contributed by atoms with van der Waals surface area (Å²) in [6.07, 6.45) is 0.114. The first kappa shape index (κ1) is 19.3. The molecule has 1 heterocycles. The van der Waals surface area contributed by atoms with Crippen molar-refractivity contribution in [2.24, 2.45) is 0 Å². The Bertz CT molecular complexity index is 865. The van der Waals surface area contributed by atoms with Crippen LogP contribution in [0.3, 0.4) is 0 Å². The number of sulfonamides is 1. The van der Waals surface area contributed by atoms with Gasteiger partial charge in [0.25, 0.3) is 0 Å². The Morgan fingerprint density at radius 2 is 1.59 bits per heavy atom. The number of nitrogens with one attached hydrogen (secondary N) is 1. The third-order valence-electron chi connectivity index (χ3n) is 4.51. The van der Waals surface area contributed by atoms with Crippen LogP contribution >= 0.6 is 0 Å². The number of anilines is 1. The molecule has 1 aliphatic heterocycles. The van der Waals surface area contributed by atoms with Crippen molar-refractivity contribution in [3.05, 3.63) is 60.4 Å². The molecule has 144 valence electrons. The summed E-state index contributed by atoms with van der Waals surface area (Å²) < 4.78 is 39.8. The minimum atomic E-state index is -3.59. The summed E-state index contributed by atoms with van der Waals surface area (Å²) in [6.45, 7) is 2.50. The van der Waals surface area contributed by atoms with Crippen molar-refractivity contribution in [2.75, 3.05) is 37.6 Å². The topological polar surface area (TPSA) is 69.7 Å². The number of hydrogen-bond donors (Lipinski definition) is 1. The van der Waals surface area contributed by atoms with Gasteiger partial charge in [0.1, 0.15) is 5.82 Å². The minimum absolute atomic E-state index is 0.0637. The van der Waals surface area contributed by atoms with Crippen LogP contribution in [-0.2, 0) is 14.8 Å². The Morgan fingerprint density at radius 1 is 0.963 bits per heavy atom. The van der Waals surface area contributed by atoms with Crippen LogP contribution < -0.4 is 9.62 Å². The minimum Gasteiger partial charge on any atom is -0.368 e. The molecule has 2 aromatic rings. The van der Waals surface area contributed by atoms with E-state index in [0.717, 1.165) is 5.69 Å². The molecule has 0 atom stereocenters. The van der Waals surface area contributed by atoms with Crippen molar-refractivity contribution in [3.8, 4) is 0 Å². The summed E-state index contributed by atoms with van der Waals surface area (Å²) in [4.78, 5) is 16.3. The van der Waals surface area contributed by atoms with E-state index in [1.165, 1.54) is 24.3 Å². The van der Waals surface area contributed by atoms with Crippen molar-refractivity contribution in [3.63, 3.8) is 0 Å². The van der Waals surface area contributed by atoms with E-state index in [0.29, 0.717) is 26.2 Å². The molecule has 0 saturated carbocycles. The van der Waals surface area contributed by atoms with Crippen LogP contribution in [0.1, 0.15) is 6.42 Å². The second-order valence-corrected chi connectivity index (χ2v) is 8.07. The van der Waals surface area contributed by atoms with E-state index in [1.807, 2.05) is 0 Å². The monoisotopic (exact) mass is 391 g/mol. The molecular formula is C19H22FN3O3S. The van der Waals surface area contributed by atoms with Crippen molar-refractivity contribution < 1.29 is 17.6 Å². The van der Waals surface area contributed by atoms with E-state index in [2.05, 4.69) is 9.62 Å². The number of nitrogens with zero attached hydrogens (tertiary/aromatic N) is 2. The maximum Gasteiger partial charge on any atom is 0.240 e. The normalized spacial score (nSPS) is 15.0. The van der Waals surface area contributed by atoms with Gasteiger partial charge in [-0.2, -0.15) is 0 Å². The lowest BCUT2D eigenvalue weighted by molar-refractivity contribution is -0.131. The lowest BCUT2D eigenvalue weighted by Gasteiger charge is -2.36. The first-order chi connectivity index (χ1) is 13.0. The molecule has 1 amide bonds. The predicted molar refractivity (Wildman–Crippen MR) is 101 cm³/mol. The first-order valence-corrected chi connectivity index (χ1v) is 10.3. The van der Waals surface area contributed by atoms with Crippen LogP contribution in [0.15, 0.2) is 59.5 Å². The van der Waals surface area contributed by atoms with Gasteiger partial charge in [-0.05, 0) is 36.4 Å². The Hall–Kier alpha value is -2.45. The van der Waals surface area contributed by atoms with Gasteiger partial charge >= 0.3 is 0 Å². The largest absolute Gasteiger partial charge is 0.368 e. The third kappa shape index (κ3) is 5.05. The Labute approximate surface area is 158 Å². The Morgan fingerprint density at radius 3 is 2.22 bits per heavy atom.